The first kappa shape index (κ1) is 16.4. The SMILES string of the molecule is CC(C)=CCCC(CCC#C[Si](C)(C)C)NO. The molecule has 0 saturated heterocycles. The zero-order valence-corrected chi connectivity index (χ0v) is 12.9. The highest BCUT2D eigenvalue weighted by Crippen LogP contribution is 2.07. The van der Waals surface area contributed by atoms with Gasteiger partial charge in [0.15, 0.2) is 0 Å². The molecule has 0 amide bonds. The molecule has 0 heterocycles. The number of hydroxylamine groups is 1. The van der Waals surface area contributed by atoms with Crippen LogP contribution in [0.4, 0.5) is 0 Å². The number of hydrogen-bond donors (Lipinski definition) is 2. The lowest BCUT2D eigenvalue weighted by atomic mass is 10.1. The molecule has 2 N–H and O–H groups in total. The van der Waals surface area contributed by atoms with Gasteiger partial charge >= 0.3 is 0 Å². The quantitative estimate of drug-likeness (QED) is 0.327. The molecule has 0 aliphatic carbocycles. The second kappa shape index (κ2) is 8.52. The van der Waals surface area contributed by atoms with E-state index in [4.69, 9.17) is 5.21 Å². The van der Waals surface area contributed by atoms with Crippen molar-refractivity contribution in [1.82, 2.24) is 5.48 Å². The predicted molar refractivity (Wildman–Crippen MR) is 77.7 cm³/mol. The lowest BCUT2D eigenvalue weighted by molar-refractivity contribution is 0.118. The highest BCUT2D eigenvalue weighted by Gasteiger charge is 2.08. The van der Waals surface area contributed by atoms with Gasteiger partial charge in [-0.25, -0.2) is 5.48 Å². The van der Waals surface area contributed by atoms with Crippen LogP contribution in [0.2, 0.25) is 19.6 Å². The number of nitrogens with one attached hydrogen (secondary N) is 1. The van der Waals surface area contributed by atoms with Crippen LogP contribution in [0.3, 0.4) is 0 Å². The fourth-order valence-corrected chi connectivity index (χ4v) is 2.08. The molecule has 1 atom stereocenters. The Morgan fingerprint density at radius 3 is 2.41 bits per heavy atom. The Kier molecular flexibility index (Phi) is 8.23. The van der Waals surface area contributed by atoms with Gasteiger partial charge in [0.2, 0.25) is 0 Å². The molecule has 1 unspecified atom stereocenters. The Labute approximate surface area is 107 Å². The Bertz CT molecular complexity index is 290. The van der Waals surface area contributed by atoms with Gasteiger partial charge in [0.1, 0.15) is 8.07 Å². The Balaban J connectivity index is 3.89. The molecule has 0 aromatic heterocycles. The summed E-state index contributed by atoms with van der Waals surface area (Å²) in [7, 11) is -1.23. The lowest BCUT2D eigenvalue weighted by Crippen LogP contribution is -2.25. The molecule has 17 heavy (non-hydrogen) atoms. The van der Waals surface area contributed by atoms with E-state index in [1.165, 1.54) is 5.57 Å². The van der Waals surface area contributed by atoms with E-state index < -0.39 is 8.07 Å². The summed E-state index contributed by atoms with van der Waals surface area (Å²) in [6.07, 6.45) is 5.98. The molecule has 0 rings (SSSR count). The van der Waals surface area contributed by atoms with E-state index in [0.717, 1.165) is 25.7 Å². The van der Waals surface area contributed by atoms with E-state index in [9.17, 15) is 0 Å². The van der Waals surface area contributed by atoms with Crippen LogP contribution in [0.1, 0.15) is 39.5 Å². The van der Waals surface area contributed by atoms with Crippen LogP contribution in [0.5, 0.6) is 0 Å². The molecule has 0 spiro atoms. The summed E-state index contributed by atoms with van der Waals surface area (Å²) < 4.78 is 0. The van der Waals surface area contributed by atoms with Gasteiger partial charge in [-0.15, -0.1) is 11.5 Å². The molecule has 0 aromatic rings. The molecule has 0 saturated carbocycles. The average Bonchev–Trinajstić information content (AvgIpc) is 2.19. The van der Waals surface area contributed by atoms with E-state index in [2.05, 4.69) is 56.5 Å². The van der Waals surface area contributed by atoms with Crippen molar-refractivity contribution in [1.29, 1.82) is 0 Å². The van der Waals surface area contributed by atoms with E-state index >= 15 is 0 Å². The summed E-state index contributed by atoms with van der Waals surface area (Å²) in [6, 6.07) is 0.168. The van der Waals surface area contributed by atoms with Crippen molar-refractivity contribution < 1.29 is 5.21 Å². The van der Waals surface area contributed by atoms with Gasteiger partial charge in [-0.1, -0.05) is 31.3 Å². The third-order valence-corrected chi connectivity index (χ3v) is 3.26. The summed E-state index contributed by atoms with van der Waals surface area (Å²) in [4.78, 5) is 0. The molecule has 98 valence electrons. The number of allylic oxidation sites excluding steroid dienone is 2. The fraction of sp³-hybridized carbons (Fsp3) is 0.714. The summed E-state index contributed by atoms with van der Waals surface area (Å²) in [6.45, 7) is 10.9. The van der Waals surface area contributed by atoms with E-state index in [1.54, 1.807) is 0 Å². The van der Waals surface area contributed by atoms with Gasteiger partial charge in [-0.05, 0) is 33.1 Å². The van der Waals surface area contributed by atoms with Crippen molar-refractivity contribution in [2.45, 2.75) is 65.2 Å². The van der Waals surface area contributed by atoms with Crippen molar-refractivity contribution in [2.24, 2.45) is 0 Å². The maximum atomic E-state index is 9.04. The predicted octanol–water partition coefficient (Wildman–Crippen LogP) is 3.74. The molecule has 2 nitrogen and oxygen atoms in total. The molecule has 3 heteroatoms. The zero-order chi connectivity index (χ0) is 13.3. The molecule has 0 aliphatic rings. The largest absolute Gasteiger partial charge is 0.317 e. The minimum atomic E-state index is -1.23. The lowest BCUT2D eigenvalue weighted by Gasteiger charge is -2.12. The zero-order valence-electron chi connectivity index (χ0n) is 11.9. The summed E-state index contributed by atoms with van der Waals surface area (Å²) in [5, 5.41) is 9.04. The molecule has 0 radical (unpaired) electrons. The van der Waals surface area contributed by atoms with Crippen molar-refractivity contribution >= 4 is 8.07 Å². The fourth-order valence-electron chi connectivity index (χ4n) is 1.42. The van der Waals surface area contributed by atoms with Crippen LogP contribution in [0.15, 0.2) is 11.6 Å². The first-order valence-corrected chi connectivity index (χ1v) is 9.88. The van der Waals surface area contributed by atoms with E-state index in [-0.39, 0.29) is 6.04 Å². The van der Waals surface area contributed by atoms with Crippen LogP contribution in [0, 0.1) is 11.5 Å². The van der Waals surface area contributed by atoms with E-state index in [0.29, 0.717) is 0 Å². The van der Waals surface area contributed by atoms with Crippen molar-refractivity contribution in [3.05, 3.63) is 11.6 Å². The van der Waals surface area contributed by atoms with Gasteiger partial charge in [0, 0.05) is 12.5 Å². The van der Waals surface area contributed by atoms with E-state index in [1.807, 2.05) is 0 Å². The molecular weight excluding hydrogens is 226 g/mol. The normalized spacial score (nSPS) is 12.6. The van der Waals surface area contributed by atoms with Gasteiger partial charge < -0.3 is 5.21 Å². The Morgan fingerprint density at radius 2 is 1.94 bits per heavy atom. The third-order valence-electron chi connectivity index (χ3n) is 2.33. The van der Waals surface area contributed by atoms with Crippen LogP contribution >= 0.6 is 0 Å². The van der Waals surface area contributed by atoms with Gasteiger partial charge in [-0.3, -0.25) is 0 Å². The molecule has 0 aromatic carbocycles. The Morgan fingerprint density at radius 1 is 1.29 bits per heavy atom. The van der Waals surface area contributed by atoms with Crippen molar-refractivity contribution in [2.75, 3.05) is 0 Å². The van der Waals surface area contributed by atoms with Crippen LogP contribution < -0.4 is 5.48 Å². The molecule has 0 fully saturated rings. The van der Waals surface area contributed by atoms with Crippen LogP contribution in [-0.2, 0) is 0 Å². The number of rotatable bonds is 6. The highest BCUT2D eigenvalue weighted by atomic mass is 28.3. The Hall–Kier alpha value is -0.563. The summed E-state index contributed by atoms with van der Waals surface area (Å²) in [5.74, 6) is 3.23. The van der Waals surface area contributed by atoms with Gasteiger partial charge in [-0.2, -0.15) is 0 Å². The summed E-state index contributed by atoms with van der Waals surface area (Å²) in [5.41, 5.74) is 7.06. The van der Waals surface area contributed by atoms with Crippen molar-refractivity contribution in [3.8, 4) is 11.5 Å². The molecule has 0 aliphatic heterocycles. The molecular formula is C14H27NOSi. The van der Waals surface area contributed by atoms with Crippen molar-refractivity contribution in [3.63, 3.8) is 0 Å². The average molecular weight is 253 g/mol. The van der Waals surface area contributed by atoms with Gasteiger partial charge in [0.25, 0.3) is 0 Å². The second-order valence-electron chi connectivity index (χ2n) is 5.78. The maximum absolute atomic E-state index is 9.04. The first-order chi connectivity index (χ1) is 7.85. The highest BCUT2D eigenvalue weighted by molar-refractivity contribution is 6.83. The molecule has 0 bridgehead atoms. The number of hydrogen-bond acceptors (Lipinski definition) is 2. The van der Waals surface area contributed by atoms with Crippen LogP contribution in [0.25, 0.3) is 0 Å². The monoisotopic (exact) mass is 253 g/mol. The standard InChI is InChI=1S/C14H27NOSi/c1-13(2)9-8-11-14(15-16)10-6-7-12-17(3,4)5/h9,14-16H,6,8,10-11H2,1-5H3. The van der Waals surface area contributed by atoms with Crippen LogP contribution in [-0.4, -0.2) is 19.3 Å². The smallest absolute Gasteiger partial charge is 0.129 e. The maximum Gasteiger partial charge on any atom is 0.129 e. The topological polar surface area (TPSA) is 32.3 Å². The van der Waals surface area contributed by atoms with Gasteiger partial charge in [0.05, 0.1) is 0 Å². The first-order valence-electron chi connectivity index (χ1n) is 6.38. The minimum absolute atomic E-state index is 0.168. The third kappa shape index (κ3) is 11.7. The minimum Gasteiger partial charge on any atom is -0.317 e. The second-order valence-corrected chi connectivity index (χ2v) is 10.5. The summed E-state index contributed by atoms with van der Waals surface area (Å²) >= 11 is 0.